The van der Waals surface area contributed by atoms with Gasteiger partial charge in [0.25, 0.3) is 5.91 Å². The van der Waals surface area contributed by atoms with Crippen LogP contribution in [0.1, 0.15) is 34.2 Å². The zero-order valence-electron chi connectivity index (χ0n) is 15.0. The van der Waals surface area contributed by atoms with Crippen molar-refractivity contribution in [1.82, 2.24) is 0 Å². The molecule has 0 fully saturated rings. The van der Waals surface area contributed by atoms with E-state index in [1.165, 1.54) is 17.5 Å². The van der Waals surface area contributed by atoms with Crippen molar-refractivity contribution in [2.75, 3.05) is 11.9 Å². The molecular weight excluding hydrogens is 350 g/mol. The normalized spacial score (nSPS) is 12.6. The van der Waals surface area contributed by atoms with Gasteiger partial charge in [0.15, 0.2) is 6.61 Å². The van der Waals surface area contributed by atoms with Gasteiger partial charge in [-0.3, -0.25) is 9.59 Å². The van der Waals surface area contributed by atoms with E-state index in [1.807, 2.05) is 26.0 Å². The van der Waals surface area contributed by atoms with Gasteiger partial charge in [-0.25, -0.2) is 0 Å². The lowest BCUT2D eigenvalue weighted by molar-refractivity contribution is -0.146. The smallest absolute Gasteiger partial charge is 0.310 e. The van der Waals surface area contributed by atoms with Gasteiger partial charge in [0.2, 0.25) is 0 Å². The Bertz CT molecular complexity index is 837. The average molecular weight is 372 g/mol. The van der Waals surface area contributed by atoms with Crippen molar-refractivity contribution >= 4 is 29.2 Å². The summed E-state index contributed by atoms with van der Waals surface area (Å²) in [5.74, 6) is -0.814. The molecule has 1 aliphatic carbocycles. The first-order chi connectivity index (χ1) is 12.4. The summed E-state index contributed by atoms with van der Waals surface area (Å²) < 4.78 is 5.11. The monoisotopic (exact) mass is 371 g/mol. The van der Waals surface area contributed by atoms with E-state index in [-0.39, 0.29) is 13.0 Å². The zero-order chi connectivity index (χ0) is 18.7. The number of carbonyl (C=O) groups excluding carboxylic acids is 2. The molecule has 0 aromatic heterocycles. The third-order valence-corrected chi connectivity index (χ3v) is 4.87. The number of hydrogen-bond acceptors (Lipinski definition) is 3. The number of anilines is 1. The molecule has 0 radical (unpaired) electrons. The molecule has 0 heterocycles. The Hall–Kier alpha value is -2.33. The predicted molar refractivity (Wildman–Crippen MR) is 103 cm³/mol. The van der Waals surface area contributed by atoms with Gasteiger partial charge in [0, 0.05) is 0 Å². The van der Waals surface area contributed by atoms with E-state index in [0.29, 0.717) is 10.7 Å². The van der Waals surface area contributed by atoms with Crippen molar-refractivity contribution in [3.8, 4) is 0 Å². The van der Waals surface area contributed by atoms with Gasteiger partial charge >= 0.3 is 5.97 Å². The molecule has 0 bridgehead atoms. The fraction of sp³-hybridized carbons (Fsp3) is 0.333. The predicted octanol–water partition coefficient (Wildman–Crippen LogP) is 4.17. The number of fused-ring (bicyclic) bond motifs is 1. The number of ether oxygens (including phenoxy) is 1. The van der Waals surface area contributed by atoms with Crippen LogP contribution in [0.25, 0.3) is 0 Å². The second kappa shape index (κ2) is 7.92. The van der Waals surface area contributed by atoms with Crippen LogP contribution in [0.4, 0.5) is 5.69 Å². The van der Waals surface area contributed by atoms with Crippen molar-refractivity contribution < 1.29 is 14.3 Å². The number of esters is 1. The van der Waals surface area contributed by atoms with Gasteiger partial charge in [0.05, 0.1) is 17.1 Å². The quantitative estimate of drug-likeness (QED) is 0.802. The number of aryl methyl sites for hydroxylation is 4. The summed E-state index contributed by atoms with van der Waals surface area (Å²) in [4.78, 5) is 24.1. The highest BCUT2D eigenvalue weighted by molar-refractivity contribution is 6.34. The topological polar surface area (TPSA) is 55.4 Å². The number of hydrogen-bond donors (Lipinski definition) is 1. The summed E-state index contributed by atoms with van der Waals surface area (Å²) in [6.45, 7) is 3.48. The first kappa shape index (κ1) is 18.5. The van der Waals surface area contributed by atoms with E-state index in [4.69, 9.17) is 16.3 Å². The number of halogens is 1. The molecule has 2 aromatic carbocycles. The largest absolute Gasteiger partial charge is 0.455 e. The first-order valence-corrected chi connectivity index (χ1v) is 9.13. The molecule has 26 heavy (non-hydrogen) atoms. The van der Waals surface area contributed by atoms with Gasteiger partial charge in [-0.2, -0.15) is 0 Å². The number of rotatable bonds is 5. The standard InChI is InChI=1S/C21H22ClNO3/c1-13-8-14(2)21(18(22)9-13)23-19(24)12-26-20(25)11-15-6-7-16-4-3-5-17(16)10-15/h6-10H,3-5,11-12H2,1-2H3,(H,23,24). The van der Waals surface area contributed by atoms with E-state index >= 15 is 0 Å². The molecule has 3 rings (SSSR count). The lowest BCUT2D eigenvalue weighted by Gasteiger charge is -2.12. The van der Waals surface area contributed by atoms with Crippen molar-refractivity contribution in [3.63, 3.8) is 0 Å². The maximum absolute atomic E-state index is 12.1. The molecule has 136 valence electrons. The Kier molecular flexibility index (Phi) is 5.62. The van der Waals surface area contributed by atoms with Crippen LogP contribution in [-0.4, -0.2) is 18.5 Å². The first-order valence-electron chi connectivity index (χ1n) is 8.75. The van der Waals surface area contributed by atoms with Crippen LogP contribution in [0.15, 0.2) is 30.3 Å². The molecule has 0 saturated heterocycles. The van der Waals surface area contributed by atoms with Crippen molar-refractivity contribution in [3.05, 3.63) is 63.2 Å². The molecule has 1 amide bonds. The molecule has 1 N–H and O–H groups in total. The Labute approximate surface area is 158 Å². The highest BCUT2D eigenvalue weighted by atomic mass is 35.5. The Morgan fingerprint density at radius 1 is 1.12 bits per heavy atom. The van der Waals surface area contributed by atoms with Crippen LogP contribution in [0.3, 0.4) is 0 Å². The number of amides is 1. The van der Waals surface area contributed by atoms with Gasteiger partial charge in [-0.15, -0.1) is 0 Å². The van der Waals surface area contributed by atoms with Crippen molar-refractivity contribution in [2.24, 2.45) is 0 Å². The summed E-state index contributed by atoms with van der Waals surface area (Å²) in [5.41, 5.74) is 6.05. The Morgan fingerprint density at radius 2 is 1.88 bits per heavy atom. The fourth-order valence-corrected chi connectivity index (χ4v) is 3.72. The maximum Gasteiger partial charge on any atom is 0.310 e. The van der Waals surface area contributed by atoms with E-state index in [9.17, 15) is 9.59 Å². The van der Waals surface area contributed by atoms with E-state index in [0.717, 1.165) is 29.5 Å². The highest BCUT2D eigenvalue weighted by Crippen LogP contribution is 2.27. The molecule has 0 spiro atoms. The molecule has 0 unspecified atom stereocenters. The summed E-state index contributed by atoms with van der Waals surface area (Å²) in [7, 11) is 0. The molecule has 4 nitrogen and oxygen atoms in total. The Morgan fingerprint density at radius 3 is 2.65 bits per heavy atom. The number of nitrogens with one attached hydrogen (secondary N) is 1. The second-order valence-corrected chi connectivity index (χ2v) is 7.19. The Balaban J connectivity index is 1.52. The SMILES string of the molecule is Cc1cc(C)c(NC(=O)COC(=O)Cc2ccc3c(c2)CCC3)c(Cl)c1. The lowest BCUT2D eigenvalue weighted by Crippen LogP contribution is -2.22. The molecular formula is C21H22ClNO3. The number of carbonyl (C=O) groups is 2. The average Bonchev–Trinajstić information content (AvgIpc) is 3.04. The summed E-state index contributed by atoms with van der Waals surface area (Å²) in [6, 6.07) is 9.82. The van der Waals surface area contributed by atoms with Gasteiger partial charge in [0.1, 0.15) is 0 Å². The molecule has 5 heteroatoms. The third-order valence-electron chi connectivity index (χ3n) is 4.57. The highest BCUT2D eigenvalue weighted by Gasteiger charge is 2.14. The molecule has 1 aliphatic rings. The summed E-state index contributed by atoms with van der Waals surface area (Å²) in [6.07, 6.45) is 3.52. The minimum atomic E-state index is -0.412. The van der Waals surface area contributed by atoms with E-state index in [1.54, 1.807) is 6.07 Å². The van der Waals surface area contributed by atoms with Gasteiger partial charge in [-0.05, 0) is 67.0 Å². The lowest BCUT2D eigenvalue weighted by atomic mass is 10.0. The van der Waals surface area contributed by atoms with E-state index < -0.39 is 11.9 Å². The van der Waals surface area contributed by atoms with E-state index in [2.05, 4.69) is 17.4 Å². The van der Waals surface area contributed by atoms with Crippen LogP contribution in [-0.2, 0) is 33.6 Å². The number of benzene rings is 2. The maximum atomic E-state index is 12.1. The van der Waals surface area contributed by atoms with Crippen LogP contribution in [0, 0.1) is 13.8 Å². The molecule has 0 aliphatic heterocycles. The van der Waals surface area contributed by atoms with Gasteiger partial charge in [-0.1, -0.05) is 35.9 Å². The van der Waals surface area contributed by atoms with Crippen LogP contribution in [0.2, 0.25) is 5.02 Å². The van der Waals surface area contributed by atoms with Crippen LogP contribution < -0.4 is 5.32 Å². The van der Waals surface area contributed by atoms with Gasteiger partial charge < -0.3 is 10.1 Å². The summed E-state index contributed by atoms with van der Waals surface area (Å²) >= 11 is 6.17. The fourth-order valence-electron chi connectivity index (χ4n) is 3.35. The summed E-state index contributed by atoms with van der Waals surface area (Å²) in [5, 5.41) is 3.18. The van der Waals surface area contributed by atoms with Crippen LogP contribution in [0.5, 0.6) is 0 Å². The minimum Gasteiger partial charge on any atom is -0.455 e. The molecule has 2 aromatic rings. The molecule has 0 atom stereocenters. The third kappa shape index (κ3) is 4.44. The minimum absolute atomic E-state index is 0.172. The van der Waals surface area contributed by atoms with Crippen molar-refractivity contribution in [2.45, 2.75) is 39.5 Å². The zero-order valence-corrected chi connectivity index (χ0v) is 15.8. The molecule has 0 saturated carbocycles. The van der Waals surface area contributed by atoms with Crippen LogP contribution >= 0.6 is 11.6 Å². The second-order valence-electron chi connectivity index (χ2n) is 6.78. The van der Waals surface area contributed by atoms with Crippen molar-refractivity contribution in [1.29, 1.82) is 0 Å².